The Labute approximate surface area is 111 Å². The van der Waals surface area contributed by atoms with Gasteiger partial charge in [-0.3, -0.25) is 4.68 Å². The predicted molar refractivity (Wildman–Crippen MR) is 58.1 cm³/mol. The Morgan fingerprint density at radius 2 is 2.00 bits per heavy atom. The molecular weight excluding hydrogens is 265 g/mol. The third kappa shape index (κ3) is 4.09. The molecule has 0 spiro atoms. The fourth-order valence-corrected chi connectivity index (χ4v) is 1.02. The average Bonchev–Trinajstić information content (AvgIpc) is 2.54. The monoisotopic (exact) mass is 278 g/mol. The van der Waals surface area contributed by atoms with Gasteiger partial charge in [-0.15, -0.1) is 35.9 Å². The van der Waals surface area contributed by atoms with E-state index in [1.165, 1.54) is 0 Å². The van der Waals surface area contributed by atoms with Crippen LogP contribution in [0.5, 0.6) is 0 Å². The van der Waals surface area contributed by atoms with Crippen LogP contribution in [0.1, 0.15) is 0 Å². The maximum absolute atomic E-state index is 3.97. The van der Waals surface area contributed by atoms with Gasteiger partial charge in [0.1, 0.15) is 0 Å². The normalized spacial score (nSPS) is 8.07. The van der Waals surface area contributed by atoms with E-state index in [1.807, 2.05) is 37.5 Å². The summed E-state index contributed by atoms with van der Waals surface area (Å²) in [4.78, 5) is 0. The number of rotatable bonds is 1. The van der Waals surface area contributed by atoms with E-state index in [0.717, 1.165) is 11.3 Å². The van der Waals surface area contributed by atoms with E-state index in [4.69, 9.17) is 0 Å². The Hall–Kier alpha value is -0.757. The topological polar surface area (TPSA) is 30.7 Å². The van der Waals surface area contributed by atoms with Crippen LogP contribution in [0.4, 0.5) is 0 Å². The summed E-state index contributed by atoms with van der Waals surface area (Å²) < 4.78 is 1.68. The number of nitrogens with zero attached hydrogens (tertiary/aromatic N) is 3. The van der Waals surface area contributed by atoms with Crippen molar-refractivity contribution >= 4 is 0 Å². The van der Waals surface area contributed by atoms with Crippen LogP contribution in [0.2, 0.25) is 0 Å². The molecule has 0 unspecified atom stereocenters. The zero-order valence-corrected chi connectivity index (χ0v) is 11.7. The average molecular weight is 279 g/mol. The van der Waals surface area contributed by atoms with Crippen LogP contribution in [0.15, 0.2) is 30.5 Å². The van der Waals surface area contributed by atoms with Gasteiger partial charge in [-0.25, -0.2) is 0 Å². The molecule has 0 N–H and O–H groups in total. The van der Waals surface area contributed by atoms with Crippen LogP contribution in [0.3, 0.4) is 0 Å². The van der Waals surface area contributed by atoms with Gasteiger partial charge in [0.15, 0.2) is 0 Å². The molecule has 0 aliphatic rings. The van der Waals surface area contributed by atoms with E-state index in [-0.39, 0.29) is 41.1 Å². The first-order valence-electron chi connectivity index (χ1n) is 3.70. The van der Waals surface area contributed by atoms with E-state index >= 15 is 0 Å². The molecule has 0 saturated heterocycles. The summed E-state index contributed by atoms with van der Waals surface area (Å²) >= 11 is 0. The van der Waals surface area contributed by atoms with Gasteiger partial charge in [0.25, 0.3) is 0 Å². The van der Waals surface area contributed by atoms with Crippen LogP contribution < -0.4 is 0 Å². The first-order valence-corrected chi connectivity index (χ1v) is 3.70. The Balaban J connectivity index is 0. The second-order valence-corrected chi connectivity index (χ2v) is 2.55. The van der Waals surface area contributed by atoms with Crippen molar-refractivity contribution < 1.29 is 26.2 Å². The molecule has 0 amide bonds. The smallest absolute Gasteiger partial charge is 0.358 e. The number of hydrogen-bond acceptors (Lipinski definition) is 2. The molecule has 15 heavy (non-hydrogen) atoms. The molecule has 0 aliphatic heterocycles. The molecule has 1 heterocycles. The van der Waals surface area contributed by atoms with Crippen molar-refractivity contribution in [2.75, 3.05) is 0 Å². The minimum atomic E-state index is 0. The van der Waals surface area contributed by atoms with Crippen molar-refractivity contribution in [2.45, 2.75) is 0 Å². The SMILES string of the molecule is Cn1cc(-c2[c-]cccc2)nn1.[CH3-].[CH3-].[Zr+3]. The molecule has 0 saturated carbocycles. The minimum Gasteiger partial charge on any atom is -0.358 e. The largest absolute Gasteiger partial charge is 3.00 e. The Kier molecular flexibility index (Phi) is 8.36. The van der Waals surface area contributed by atoms with Crippen LogP contribution in [-0.4, -0.2) is 15.0 Å². The zero-order valence-electron chi connectivity index (χ0n) is 9.23. The van der Waals surface area contributed by atoms with Crippen LogP contribution in [-0.2, 0) is 33.3 Å². The van der Waals surface area contributed by atoms with Gasteiger partial charge in [0.2, 0.25) is 0 Å². The van der Waals surface area contributed by atoms with Crippen LogP contribution >= 0.6 is 0 Å². The molecule has 0 aliphatic carbocycles. The van der Waals surface area contributed by atoms with E-state index < -0.39 is 0 Å². The molecule has 2 aromatic rings. The Bertz CT molecular complexity index is 370. The molecular formula is C11H14N3Zr. The summed E-state index contributed by atoms with van der Waals surface area (Å²) in [6.45, 7) is 0. The Morgan fingerprint density at radius 3 is 2.47 bits per heavy atom. The quantitative estimate of drug-likeness (QED) is 0.749. The van der Waals surface area contributed by atoms with Gasteiger partial charge in [-0.1, -0.05) is 5.21 Å². The number of benzene rings is 1. The van der Waals surface area contributed by atoms with E-state index in [0.29, 0.717) is 0 Å². The third-order valence-corrected chi connectivity index (χ3v) is 1.59. The number of aryl methyl sites for hydroxylation is 1. The predicted octanol–water partition coefficient (Wildman–Crippen LogP) is 2.18. The maximum atomic E-state index is 3.97. The molecule has 2 rings (SSSR count). The van der Waals surface area contributed by atoms with Crippen molar-refractivity contribution in [1.82, 2.24) is 15.0 Å². The summed E-state index contributed by atoms with van der Waals surface area (Å²) in [7, 11) is 1.85. The van der Waals surface area contributed by atoms with Gasteiger partial charge in [0, 0.05) is 18.9 Å². The molecule has 77 valence electrons. The van der Waals surface area contributed by atoms with Crippen molar-refractivity contribution in [2.24, 2.45) is 7.05 Å². The Morgan fingerprint density at radius 1 is 1.27 bits per heavy atom. The third-order valence-electron chi connectivity index (χ3n) is 1.59. The van der Waals surface area contributed by atoms with Crippen molar-refractivity contribution in [3.8, 4) is 11.3 Å². The summed E-state index contributed by atoms with van der Waals surface area (Å²) in [6.07, 6.45) is 1.87. The van der Waals surface area contributed by atoms with Crippen molar-refractivity contribution in [1.29, 1.82) is 0 Å². The van der Waals surface area contributed by atoms with E-state index in [9.17, 15) is 0 Å². The summed E-state index contributed by atoms with van der Waals surface area (Å²) in [5.41, 5.74) is 1.84. The zero-order chi connectivity index (χ0) is 8.39. The summed E-state index contributed by atoms with van der Waals surface area (Å²) in [6, 6.07) is 10.8. The molecule has 1 radical (unpaired) electrons. The summed E-state index contributed by atoms with van der Waals surface area (Å²) in [5.74, 6) is 0. The van der Waals surface area contributed by atoms with Gasteiger partial charge in [-0.2, -0.15) is 5.10 Å². The van der Waals surface area contributed by atoms with Crippen molar-refractivity contribution in [3.63, 3.8) is 0 Å². The van der Waals surface area contributed by atoms with E-state index in [2.05, 4.69) is 16.4 Å². The molecule has 0 atom stereocenters. The second kappa shape index (κ2) is 7.52. The van der Waals surface area contributed by atoms with E-state index in [1.54, 1.807) is 4.68 Å². The molecule has 0 bridgehead atoms. The fourth-order valence-electron chi connectivity index (χ4n) is 1.02. The molecule has 4 heteroatoms. The molecule has 0 fully saturated rings. The van der Waals surface area contributed by atoms with Gasteiger partial charge >= 0.3 is 26.2 Å². The number of aromatic nitrogens is 3. The van der Waals surface area contributed by atoms with Crippen LogP contribution in [0, 0.1) is 20.9 Å². The molecule has 1 aromatic carbocycles. The van der Waals surface area contributed by atoms with Gasteiger partial charge in [0.05, 0.1) is 0 Å². The standard InChI is InChI=1S/C9H8N3.2CH3.Zr/c1-12-7-9(10-11-12)8-5-3-2-4-6-8;;;/h2-5,7H,1H3;2*1H3;/q3*-1;+3. The first kappa shape index (κ1) is 16.7. The minimum absolute atomic E-state index is 0. The first-order chi connectivity index (χ1) is 5.86. The fraction of sp³-hybridized carbons (Fsp3) is 0.0909. The summed E-state index contributed by atoms with van der Waals surface area (Å²) in [5, 5.41) is 7.81. The van der Waals surface area contributed by atoms with Crippen molar-refractivity contribution in [3.05, 3.63) is 51.4 Å². The van der Waals surface area contributed by atoms with Crippen LogP contribution in [0.25, 0.3) is 11.3 Å². The maximum Gasteiger partial charge on any atom is 3.00 e. The molecule has 3 nitrogen and oxygen atoms in total. The number of hydrogen-bond donors (Lipinski definition) is 0. The van der Waals surface area contributed by atoms with Gasteiger partial charge < -0.3 is 14.9 Å². The molecule has 1 aromatic heterocycles. The second-order valence-electron chi connectivity index (χ2n) is 2.55. The van der Waals surface area contributed by atoms with Gasteiger partial charge in [-0.05, 0) is 0 Å².